The minimum Gasteiger partial charge on any atom is -0.378 e. The second-order valence-electron chi connectivity index (χ2n) is 4.67. The first-order valence-electron chi connectivity index (χ1n) is 6.37. The highest BCUT2D eigenvalue weighted by molar-refractivity contribution is 5.79. The van der Waals surface area contributed by atoms with Gasteiger partial charge in [-0.15, -0.1) is 0 Å². The van der Waals surface area contributed by atoms with E-state index < -0.39 is 10.7 Å². The van der Waals surface area contributed by atoms with Crippen molar-refractivity contribution in [2.75, 3.05) is 5.32 Å². The Hall–Kier alpha value is -2.89. The van der Waals surface area contributed by atoms with Crippen LogP contribution in [-0.4, -0.2) is 9.91 Å². The average Bonchev–Trinajstić information content (AvgIpc) is 2.93. The summed E-state index contributed by atoms with van der Waals surface area (Å²) in [5, 5.41) is 14.7. The fourth-order valence-electron chi connectivity index (χ4n) is 2.16. The van der Waals surface area contributed by atoms with Crippen molar-refractivity contribution in [1.29, 1.82) is 0 Å². The van der Waals surface area contributed by atoms with Crippen LogP contribution in [-0.2, 0) is 6.54 Å². The molecule has 0 aliphatic carbocycles. The van der Waals surface area contributed by atoms with Crippen molar-refractivity contribution in [3.8, 4) is 0 Å². The average molecular weight is 285 g/mol. The molecule has 2 aromatic carbocycles. The Morgan fingerprint density at radius 3 is 2.86 bits per heavy atom. The summed E-state index contributed by atoms with van der Waals surface area (Å²) in [6, 6.07) is 11.2. The lowest BCUT2D eigenvalue weighted by molar-refractivity contribution is -0.384. The van der Waals surface area contributed by atoms with Gasteiger partial charge in [0, 0.05) is 30.4 Å². The Morgan fingerprint density at radius 1 is 1.19 bits per heavy atom. The van der Waals surface area contributed by atoms with E-state index in [4.69, 9.17) is 0 Å². The number of aromatic amines is 1. The number of hydrogen-bond donors (Lipinski definition) is 2. The SMILES string of the molecule is O=[N+]([O-])c1ccc(F)c(NCc2ccc3cc[nH]c3c2)c1. The largest absolute Gasteiger partial charge is 0.378 e. The highest BCUT2D eigenvalue weighted by Crippen LogP contribution is 2.22. The molecule has 0 radical (unpaired) electrons. The fourth-order valence-corrected chi connectivity index (χ4v) is 2.16. The molecule has 0 atom stereocenters. The molecule has 2 N–H and O–H groups in total. The first-order chi connectivity index (χ1) is 10.1. The van der Waals surface area contributed by atoms with Crippen LogP contribution in [0.3, 0.4) is 0 Å². The van der Waals surface area contributed by atoms with Crippen molar-refractivity contribution >= 4 is 22.3 Å². The van der Waals surface area contributed by atoms with Crippen LogP contribution in [0, 0.1) is 15.9 Å². The number of nitrogens with zero attached hydrogens (tertiary/aromatic N) is 1. The molecule has 0 aliphatic rings. The molecule has 0 bridgehead atoms. The zero-order valence-electron chi connectivity index (χ0n) is 11.0. The molecule has 0 saturated heterocycles. The highest BCUT2D eigenvalue weighted by atomic mass is 19.1. The Morgan fingerprint density at radius 2 is 2.05 bits per heavy atom. The third-order valence-electron chi connectivity index (χ3n) is 3.26. The number of hydrogen-bond acceptors (Lipinski definition) is 3. The van der Waals surface area contributed by atoms with Crippen LogP contribution < -0.4 is 5.32 Å². The van der Waals surface area contributed by atoms with E-state index >= 15 is 0 Å². The van der Waals surface area contributed by atoms with Crippen molar-refractivity contribution in [2.24, 2.45) is 0 Å². The van der Waals surface area contributed by atoms with Crippen molar-refractivity contribution in [2.45, 2.75) is 6.54 Å². The van der Waals surface area contributed by atoms with E-state index in [1.165, 1.54) is 6.07 Å². The quantitative estimate of drug-likeness (QED) is 0.565. The minimum absolute atomic E-state index is 0.121. The zero-order chi connectivity index (χ0) is 14.8. The van der Waals surface area contributed by atoms with Gasteiger partial charge in [-0.2, -0.15) is 0 Å². The molecular formula is C15H12FN3O2. The predicted octanol–water partition coefficient (Wildman–Crippen LogP) is 3.83. The maximum Gasteiger partial charge on any atom is 0.271 e. The third kappa shape index (κ3) is 2.69. The fraction of sp³-hybridized carbons (Fsp3) is 0.0667. The number of nitro groups is 1. The van der Waals surface area contributed by atoms with Gasteiger partial charge < -0.3 is 10.3 Å². The van der Waals surface area contributed by atoms with Crippen LogP contribution in [0.15, 0.2) is 48.7 Å². The molecule has 0 saturated carbocycles. The maximum absolute atomic E-state index is 13.6. The van der Waals surface area contributed by atoms with Gasteiger partial charge in [-0.05, 0) is 29.1 Å². The number of anilines is 1. The van der Waals surface area contributed by atoms with E-state index in [9.17, 15) is 14.5 Å². The van der Waals surface area contributed by atoms with Crippen LogP contribution in [0.1, 0.15) is 5.56 Å². The molecule has 6 heteroatoms. The molecule has 1 heterocycles. The van der Waals surface area contributed by atoms with Gasteiger partial charge in [0.05, 0.1) is 10.6 Å². The van der Waals surface area contributed by atoms with Gasteiger partial charge in [-0.3, -0.25) is 10.1 Å². The van der Waals surface area contributed by atoms with Crippen LogP contribution in [0.25, 0.3) is 10.9 Å². The number of non-ortho nitro benzene ring substituents is 1. The molecule has 0 fully saturated rings. The molecular weight excluding hydrogens is 273 g/mol. The molecule has 5 nitrogen and oxygen atoms in total. The third-order valence-corrected chi connectivity index (χ3v) is 3.26. The van der Waals surface area contributed by atoms with Gasteiger partial charge in [0.25, 0.3) is 5.69 Å². The van der Waals surface area contributed by atoms with Gasteiger partial charge in [-0.25, -0.2) is 4.39 Å². The monoisotopic (exact) mass is 285 g/mol. The second kappa shape index (κ2) is 5.24. The van der Waals surface area contributed by atoms with Crippen LogP contribution >= 0.6 is 0 Å². The van der Waals surface area contributed by atoms with E-state index in [1.807, 2.05) is 30.5 Å². The Bertz CT molecular complexity index is 814. The molecule has 21 heavy (non-hydrogen) atoms. The number of halogens is 1. The van der Waals surface area contributed by atoms with Crippen molar-refractivity contribution in [3.63, 3.8) is 0 Å². The summed E-state index contributed by atoms with van der Waals surface area (Å²) >= 11 is 0. The standard InChI is InChI=1S/C15H12FN3O2/c16-13-4-3-12(19(20)21)8-15(13)18-9-10-1-2-11-5-6-17-14(11)7-10/h1-8,17-18H,9H2. The normalized spacial score (nSPS) is 10.7. The second-order valence-corrected chi connectivity index (χ2v) is 4.67. The topological polar surface area (TPSA) is 71.0 Å². The smallest absolute Gasteiger partial charge is 0.271 e. The van der Waals surface area contributed by atoms with Gasteiger partial charge in [0.1, 0.15) is 5.82 Å². The first-order valence-corrected chi connectivity index (χ1v) is 6.37. The number of H-pyrrole nitrogens is 1. The summed E-state index contributed by atoms with van der Waals surface area (Å²) < 4.78 is 13.6. The number of benzene rings is 2. The number of nitrogens with one attached hydrogen (secondary N) is 2. The minimum atomic E-state index is -0.546. The van der Waals surface area contributed by atoms with Crippen LogP contribution in [0.2, 0.25) is 0 Å². The molecule has 0 amide bonds. The van der Waals surface area contributed by atoms with E-state index in [0.717, 1.165) is 28.6 Å². The number of rotatable bonds is 4. The molecule has 0 unspecified atom stereocenters. The molecule has 1 aromatic heterocycles. The first kappa shape index (κ1) is 13.1. The number of nitro benzene ring substituents is 1. The summed E-state index contributed by atoms with van der Waals surface area (Å²) in [7, 11) is 0. The lowest BCUT2D eigenvalue weighted by Crippen LogP contribution is -2.02. The Balaban J connectivity index is 1.80. The summed E-state index contributed by atoms with van der Waals surface area (Å²) in [5.74, 6) is -0.512. The molecule has 3 rings (SSSR count). The van der Waals surface area contributed by atoms with Crippen molar-refractivity contribution < 1.29 is 9.31 Å². The van der Waals surface area contributed by atoms with Gasteiger partial charge in [0.15, 0.2) is 0 Å². The predicted molar refractivity (Wildman–Crippen MR) is 78.7 cm³/mol. The lowest BCUT2D eigenvalue weighted by Gasteiger charge is -2.08. The number of aromatic nitrogens is 1. The summed E-state index contributed by atoms with van der Waals surface area (Å²) in [5.41, 5.74) is 1.93. The zero-order valence-corrected chi connectivity index (χ0v) is 11.0. The van der Waals surface area contributed by atoms with Crippen molar-refractivity contribution in [3.05, 3.63) is 70.2 Å². The molecule has 0 aliphatic heterocycles. The summed E-state index contributed by atoms with van der Waals surface area (Å²) in [6.07, 6.45) is 1.85. The van der Waals surface area contributed by atoms with E-state index in [-0.39, 0.29) is 11.4 Å². The van der Waals surface area contributed by atoms with Gasteiger partial charge in [-0.1, -0.05) is 12.1 Å². The highest BCUT2D eigenvalue weighted by Gasteiger charge is 2.10. The Kier molecular flexibility index (Phi) is 3.27. The summed E-state index contributed by atoms with van der Waals surface area (Å²) in [4.78, 5) is 13.3. The molecule has 0 spiro atoms. The summed E-state index contributed by atoms with van der Waals surface area (Å²) in [6.45, 7) is 0.382. The maximum atomic E-state index is 13.6. The van der Waals surface area contributed by atoms with Crippen molar-refractivity contribution in [1.82, 2.24) is 4.98 Å². The van der Waals surface area contributed by atoms with Crippen LogP contribution in [0.4, 0.5) is 15.8 Å². The van der Waals surface area contributed by atoms with Gasteiger partial charge >= 0.3 is 0 Å². The molecule has 106 valence electrons. The van der Waals surface area contributed by atoms with E-state index in [1.54, 1.807) is 0 Å². The molecule has 3 aromatic rings. The lowest BCUT2D eigenvalue weighted by atomic mass is 10.1. The van der Waals surface area contributed by atoms with Gasteiger partial charge in [0.2, 0.25) is 0 Å². The van der Waals surface area contributed by atoms with Crippen LogP contribution in [0.5, 0.6) is 0 Å². The number of fused-ring (bicyclic) bond motifs is 1. The Labute approximate surface area is 119 Å². The van der Waals surface area contributed by atoms with E-state index in [0.29, 0.717) is 6.54 Å². The van der Waals surface area contributed by atoms with E-state index in [2.05, 4.69) is 10.3 Å².